The number of rotatable bonds is 40. The van der Waals surface area contributed by atoms with E-state index in [4.69, 9.17) is 0 Å². The number of ketones is 1. The summed E-state index contributed by atoms with van der Waals surface area (Å²) < 4.78 is 0. The van der Waals surface area contributed by atoms with Crippen LogP contribution in [0.25, 0.3) is 0 Å². The van der Waals surface area contributed by atoms with E-state index in [1.165, 1.54) is 193 Å². The topological polar surface area (TPSA) is 54.4 Å². The van der Waals surface area contributed by atoms with Gasteiger partial charge in [-0.25, -0.2) is 0 Å². The number of unbranched alkanes of at least 4 members (excludes halogenated alkanes) is 31. The first-order valence-electron chi connectivity index (χ1n) is 21.8. The number of carbonyl (C=O) groups excluding carboxylic acids is 1. The highest BCUT2D eigenvalue weighted by Crippen LogP contribution is 2.26. The molecule has 0 aromatic rings. The number of Topliss-reactive ketones (excluding diaryl/α,β-unsaturated/α-hetero) is 1. The number of carboxylic acids is 1. The molecule has 2 atom stereocenters. The fraction of sp³-hybridized carbons (Fsp3) is 0.955. The van der Waals surface area contributed by atoms with Gasteiger partial charge in [-0.3, -0.25) is 9.59 Å². The number of carbonyl (C=O) groups is 2. The van der Waals surface area contributed by atoms with Crippen LogP contribution >= 0.6 is 0 Å². The van der Waals surface area contributed by atoms with Crippen molar-refractivity contribution < 1.29 is 14.7 Å². The van der Waals surface area contributed by atoms with E-state index < -0.39 is 11.9 Å². The van der Waals surface area contributed by atoms with Crippen molar-refractivity contribution in [3.8, 4) is 0 Å². The second-order valence-corrected chi connectivity index (χ2v) is 15.3. The third-order valence-electron chi connectivity index (χ3n) is 10.7. The molecule has 0 saturated heterocycles. The van der Waals surface area contributed by atoms with Gasteiger partial charge in [-0.1, -0.05) is 239 Å². The molecule has 0 saturated carbocycles. The minimum atomic E-state index is -0.876. The summed E-state index contributed by atoms with van der Waals surface area (Å²) in [5, 5.41) is 10.0. The van der Waals surface area contributed by atoms with Crippen LogP contribution in [0.15, 0.2) is 0 Å². The second-order valence-electron chi connectivity index (χ2n) is 15.3. The summed E-state index contributed by atoms with van der Waals surface area (Å²) in [6, 6.07) is 0. The summed E-state index contributed by atoms with van der Waals surface area (Å²) in [5.74, 6) is -1.66. The molecule has 0 aromatic heterocycles. The first-order valence-corrected chi connectivity index (χ1v) is 21.8. The lowest BCUT2D eigenvalue weighted by Crippen LogP contribution is -2.30. The molecule has 3 heteroatoms. The maximum atomic E-state index is 13.6. The molecule has 280 valence electrons. The molecular weight excluding hydrogens is 576 g/mol. The van der Waals surface area contributed by atoms with Crippen molar-refractivity contribution in [1.29, 1.82) is 0 Å². The molecule has 3 nitrogen and oxygen atoms in total. The van der Waals surface area contributed by atoms with Gasteiger partial charge in [-0.15, -0.1) is 0 Å². The summed E-state index contributed by atoms with van der Waals surface area (Å²) in [7, 11) is 0. The van der Waals surface area contributed by atoms with Crippen molar-refractivity contribution in [3.63, 3.8) is 0 Å². The van der Waals surface area contributed by atoms with E-state index in [2.05, 4.69) is 20.8 Å². The lowest BCUT2D eigenvalue weighted by molar-refractivity contribution is -0.148. The molecule has 0 fully saturated rings. The van der Waals surface area contributed by atoms with Gasteiger partial charge in [0.25, 0.3) is 0 Å². The largest absolute Gasteiger partial charge is 0.481 e. The van der Waals surface area contributed by atoms with Crippen molar-refractivity contribution in [2.24, 2.45) is 11.8 Å². The highest BCUT2D eigenvalue weighted by molar-refractivity contribution is 5.99. The predicted octanol–water partition coefficient (Wildman–Crippen LogP) is 15.4. The van der Waals surface area contributed by atoms with Gasteiger partial charge in [0, 0.05) is 5.92 Å². The third-order valence-corrected chi connectivity index (χ3v) is 10.7. The molecule has 0 bridgehead atoms. The van der Waals surface area contributed by atoms with Gasteiger partial charge < -0.3 is 5.11 Å². The summed E-state index contributed by atoms with van der Waals surface area (Å²) in [6.07, 6.45) is 46.4. The van der Waals surface area contributed by atoms with E-state index in [-0.39, 0.29) is 11.7 Å². The van der Waals surface area contributed by atoms with Crippen LogP contribution in [0.3, 0.4) is 0 Å². The highest BCUT2D eigenvalue weighted by Gasteiger charge is 2.31. The first kappa shape index (κ1) is 46.1. The fourth-order valence-electron chi connectivity index (χ4n) is 7.40. The van der Waals surface area contributed by atoms with Crippen LogP contribution in [0, 0.1) is 11.8 Å². The Balaban J connectivity index is 4.37. The van der Waals surface area contributed by atoms with Crippen LogP contribution in [0.2, 0.25) is 0 Å². The Bertz CT molecular complexity index is 644. The zero-order chi connectivity index (χ0) is 34.5. The molecule has 0 aliphatic carbocycles. The molecule has 0 amide bonds. The molecule has 0 aliphatic heterocycles. The monoisotopic (exact) mass is 663 g/mol. The maximum absolute atomic E-state index is 13.6. The minimum absolute atomic E-state index is 0.0500. The van der Waals surface area contributed by atoms with Crippen molar-refractivity contribution in [1.82, 2.24) is 0 Å². The predicted molar refractivity (Wildman–Crippen MR) is 207 cm³/mol. The Morgan fingerprint density at radius 2 is 0.553 bits per heavy atom. The van der Waals surface area contributed by atoms with E-state index in [0.717, 1.165) is 38.5 Å². The second kappa shape index (κ2) is 38.0. The Morgan fingerprint density at radius 3 is 0.787 bits per heavy atom. The molecule has 47 heavy (non-hydrogen) atoms. The summed E-state index contributed by atoms with van der Waals surface area (Å²) in [4.78, 5) is 25.9. The molecule has 1 N–H and O–H groups in total. The van der Waals surface area contributed by atoms with E-state index in [1.807, 2.05) is 0 Å². The van der Waals surface area contributed by atoms with Gasteiger partial charge in [-0.2, -0.15) is 0 Å². The molecule has 2 unspecified atom stereocenters. The molecule has 0 radical (unpaired) electrons. The molecule has 0 aliphatic rings. The summed E-state index contributed by atoms with van der Waals surface area (Å²) in [6.45, 7) is 6.81. The van der Waals surface area contributed by atoms with Gasteiger partial charge >= 0.3 is 5.97 Å². The molecular formula is C44H86O3. The molecule has 0 heterocycles. The normalized spacial score (nSPS) is 12.8. The third kappa shape index (κ3) is 32.1. The van der Waals surface area contributed by atoms with E-state index >= 15 is 0 Å². The van der Waals surface area contributed by atoms with E-state index in [1.54, 1.807) is 0 Å². The average molecular weight is 663 g/mol. The highest BCUT2D eigenvalue weighted by atomic mass is 16.4. The van der Waals surface area contributed by atoms with Crippen molar-refractivity contribution in [2.45, 2.75) is 258 Å². The van der Waals surface area contributed by atoms with E-state index in [0.29, 0.717) is 6.42 Å². The van der Waals surface area contributed by atoms with Crippen LogP contribution < -0.4 is 0 Å². The zero-order valence-corrected chi connectivity index (χ0v) is 32.6. The molecule has 0 rings (SSSR count). The maximum Gasteiger partial charge on any atom is 0.314 e. The standard InChI is InChI=1S/C44H86O3/c1-4-7-10-13-16-19-21-22-23-24-25-26-27-30-33-36-39-41(38-35-32-29-18-15-12-9-6-3)43(45)42(44(46)47)40-37-34-31-28-20-17-14-11-8-5-2/h41-42H,4-40H2,1-3H3,(H,46,47). The number of aliphatic carboxylic acids is 1. The number of carboxylic acid groups (broad SMARTS) is 1. The van der Waals surface area contributed by atoms with Crippen molar-refractivity contribution in [2.75, 3.05) is 0 Å². The van der Waals surface area contributed by atoms with Crippen LogP contribution in [-0.4, -0.2) is 16.9 Å². The average Bonchev–Trinajstić information content (AvgIpc) is 3.06. The quantitative estimate of drug-likeness (QED) is 0.0525. The Labute approximate surface area is 296 Å². The van der Waals surface area contributed by atoms with Gasteiger partial charge in [0.2, 0.25) is 0 Å². The minimum Gasteiger partial charge on any atom is -0.481 e. The SMILES string of the molecule is CCCCCCCCCCCCCCCCCCC(CCCCCCCCCC)C(=O)C(CCCCCCCCCCCC)C(=O)O. The Kier molecular flexibility index (Phi) is 37.3. The lowest BCUT2D eigenvalue weighted by atomic mass is 9.82. The van der Waals surface area contributed by atoms with Crippen molar-refractivity contribution in [3.05, 3.63) is 0 Å². The smallest absolute Gasteiger partial charge is 0.314 e. The Hall–Kier alpha value is -0.860. The van der Waals surface area contributed by atoms with Crippen molar-refractivity contribution >= 4 is 11.8 Å². The molecule has 0 spiro atoms. The van der Waals surface area contributed by atoms with Gasteiger partial charge in [0.15, 0.2) is 0 Å². The number of hydrogen-bond donors (Lipinski definition) is 1. The lowest BCUT2D eigenvalue weighted by Gasteiger charge is -2.20. The van der Waals surface area contributed by atoms with Gasteiger partial charge in [0.1, 0.15) is 11.7 Å². The van der Waals surface area contributed by atoms with Crippen LogP contribution in [-0.2, 0) is 9.59 Å². The van der Waals surface area contributed by atoms with E-state index in [9.17, 15) is 14.7 Å². The summed E-state index contributed by atoms with van der Waals surface area (Å²) >= 11 is 0. The molecule has 0 aromatic carbocycles. The first-order chi connectivity index (χ1) is 23.1. The zero-order valence-electron chi connectivity index (χ0n) is 32.6. The van der Waals surface area contributed by atoms with Crippen LogP contribution in [0.5, 0.6) is 0 Å². The Morgan fingerprint density at radius 1 is 0.340 bits per heavy atom. The number of hydrogen-bond acceptors (Lipinski definition) is 2. The van der Waals surface area contributed by atoms with Crippen LogP contribution in [0.4, 0.5) is 0 Å². The fourth-order valence-corrected chi connectivity index (χ4v) is 7.40. The van der Waals surface area contributed by atoms with Crippen LogP contribution in [0.1, 0.15) is 258 Å². The summed E-state index contributed by atoms with van der Waals surface area (Å²) in [5.41, 5.74) is 0. The van der Waals surface area contributed by atoms with Gasteiger partial charge in [0.05, 0.1) is 0 Å². The van der Waals surface area contributed by atoms with Gasteiger partial charge in [-0.05, 0) is 19.3 Å².